The van der Waals surface area contributed by atoms with Crippen molar-refractivity contribution in [3.05, 3.63) is 41.7 Å². The third-order valence-corrected chi connectivity index (χ3v) is 3.09. The van der Waals surface area contributed by atoms with Crippen LogP contribution in [0.1, 0.15) is 37.2 Å². The van der Waals surface area contributed by atoms with E-state index >= 15 is 0 Å². The quantitative estimate of drug-likeness (QED) is 0.814. The molecule has 0 bridgehead atoms. The summed E-state index contributed by atoms with van der Waals surface area (Å²) in [5.41, 5.74) is 0.856. The second-order valence-electron chi connectivity index (χ2n) is 5.06. The van der Waals surface area contributed by atoms with E-state index in [0.29, 0.717) is 5.82 Å². The van der Waals surface area contributed by atoms with Gasteiger partial charge in [0.15, 0.2) is 5.82 Å². The molecule has 1 atom stereocenters. The highest BCUT2D eigenvalue weighted by Crippen LogP contribution is 2.12. The molecular weight excluding hydrogens is 270 g/mol. The Morgan fingerprint density at radius 2 is 2.05 bits per heavy atom. The van der Waals surface area contributed by atoms with Crippen LogP contribution in [0, 0.1) is 0 Å². The van der Waals surface area contributed by atoms with Crippen molar-refractivity contribution in [1.82, 2.24) is 25.5 Å². The van der Waals surface area contributed by atoms with Crippen molar-refractivity contribution in [1.29, 1.82) is 0 Å². The second kappa shape index (κ2) is 6.94. The number of aliphatic hydroxyl groups excluding tert-OH is 1. The summed E-state index contributed by atoms with van der Waals surface area (Å²) >= 11 is 0. The first-order chi connectivity index (χ1) is 10.1. The van der Waals surface area contributed by atoms with Crippen LogP contribution in [0.15, 0.2) is 30.3 Å². The van der Waals surface area contributed by atoms with Crippen molar-refractivity contribution in [3.63, 3.8) is 0 Å². The lowest BCUT2D eigenvalue weighted by Crippen LogP contribution is -2.34. The maximum absolute atomic E-state index is 12.1. The number of amides is 1. The van der Waals surface area contributed by atoms with E-state index in [9.17, 15) is 9.90 Å². The molecule has 0 aliphatic heterocycles. The summed E-state index contributed by atoms with van der Waals surface area (Å²) in [7, 11) is 0. The fourth-order valence-electron chi connectivity index (χ4n) is 2.03. The minimum atomic E-state index is -0.433. The molecule has 1 heterocycles. The molecule has 7 nitrogen and oxygen atoms in total. The maximum Gasteiger partial charge on any atom is 0.242 e. The fraction of sp³-hybridized carbons (Fsp3) is 0.429. The fourth-order valence-corrected chi connectivity index (χ4v) is 2.03. The second-order valence-corrected chi connectivity index (χ2v) is 5.06. The summed E-state index contributed by atoms with van der Waals surface area (Å²) in [6, 6.07) is 8.90. The van der Waals surface area contributed by atoms with Crippen LogP contribution in [0.25, 0.3) is 0 Å². The van der Waals surface area contributed by atoms with Crippen LogP contribution in [0.4, 0.5) is 0 Å². The van der Waals surface area contributed by atoms with Crippen molar-refractivity contribution in [2.24, 2.45) is 0 Å². The Hall–Kier alpha value is -2.28. The summed E-state index contributed by atoms with van der Waals surface area (Å²) in [5, 5.41) is 23.5. The van der Waals surface area contributed by atoms with Crippen LogP contribution in [0.2, 0.25) is 0 Å². The number of aliphatic hydroxyl groups is 1. The first-order valence-corrected chi connectivity index (χ1v) is 6.83. The van der Waals surface area contributed by atoms with E-state index in [1.165, 1.54) is 4.68 Å². The number of benzene rings is 1. The van der Waals surface area contributed by atoms with Gasteiger partial charge in [0, 0.05) is 5.92 Å². The van der Waals surface area contributed by atoms with E-state index in [-0.39, 0.29) is 25.0 Å². The average molecular weight is 289 g/mol. The predicted molar refractivity (Wildman–Crippen MR) is 76.3 cm³/mol. The van der Waals surface area contributed by atoms with Gasteiger partial charge in [-0.2, -0.15) is 0 Å². The van der Waals surface area contributed by atoms with Gasteiger partial charge in [-0.15, -0.1) is 5.10 Å². The van der Waals surface area contributed by atoms with Crippen LogP contribution >= 0.6 is 0 Å². The Balaban J connectivity index is 2.02. The van der Waals surface area contributed by atoms with Crippen molar-refractivity contribution in [2.75, 3.05) is 6.61 Å². The highest BCUT2D eigenvalue weighted by atomic mass is 16.3. The minimum absolute atomic E-state index is 0.0316. The Morgan fingerprint density at radius 1 is 1.33 bits per heavy atom. The monoisotopic (exact) mass is 289 g/mol. The smallest absolute Gasteiger partial charge is 0.242 e. The number of hydrogen-bond acceptors (Lipinski definition) is 5. The van der Waals surface area contributed by atoms with Crippen molar-refractivity contribution in [3.8, 4) is 0 Å². The summed E-state index contributed by atoms with van der Waals surface area (Å²) < 4.78 is 1.47. The van der Waals surface area contributed by atoms with Gasteiger partial charge in [-0.05, 0) is 16.0 Å². The average Bonchev–Trinajstić information content (AvgIpc) is 2.94. The number of carbonyl (C=O) groups excluding carboxylic acids is 1. The van der Waals surface area contributed by atoms with Gasteiger partial charge in [0.05, 0.1) is 12.6 Å². The molecule has 1 aromatic heterocycles. The maximum atomic E-state index is 12.1. The number of rotatable bonds is 6. The van der Waals surface area contributed by atoms with Gasteiger partial charge in [0.25, 0.3) is 0 Å². The molecule has 2 rings (SSSR count). The van der Waals surface area contributed by atoms with Crippen molar-refractivity contribution >= 4 is 5.91 Å². The summed E-state index contributed by atoms with van der Waals surface area (Å²) in [6.45, 7) is 3.79. The lowest BCUT2D eigenvalue weighted by atomic mass is 10.1. The van der Waals surface area contributed by atoms with Crippen LogP contribution < -0.4 is 5.32 Å². The Kier molecular flexibility index (Phi) is 4.99. The standard InChI is InChI=1S/C14H19N5O2/c1-10(2)14-16-17-18-19(14)8-13(21)15-12(9-20)11-6-4-3-5-7-11/h3-7,10,12,20H,8-9H2,1-2H3,(H,15,21). The highest BCUT2D eigenvalue weighted by molar-refractivity contribution is 5.76. The van der Waals surface area contributed by atoms with Gasteiger partial charge in [0.1, 0.15) is 6.54 Å². The topological polar surface area (TPSA) is 92.9 Å². The number of nitrogens with zero attached hydrogens (tertiary/aromatic N) is 4. The number of nitrogens with one attached hydrogen (secondary N) is 1. The van der Waals surface area contributed by atoms with E-state index in [2.05, 4.69) is 20.8 Å². The van der Waals surface area contributed by atoms with Gasteiger partial charge < -0.3 is 10.4 Å². The summed E-state index contributed by atoms with van der Waals surface area (Å²) in [6.07, 6.45) is 0. The van der Waals surface area contributed by atoms with E-state index < -0.39 is 6.04 Å². The van der Waals surface area contributed by atoms with E-state index in [1.807, 2.05) is 44.2 Å². The number of aromatic nitrogens is 4. The molecule has 0 saturated carbocycles. The van der Waals surface area contributed by atoms with Crippen molar-refractivity contribution < 1.29 is 9.90 Å². The third kappa shape index (κ3) is 3.85. The van der Waals surface area contributed by atoms with E-state index in [4.69, 9.17) is 0 Å². The molecule has 1 amide bonds. The molecule has 0 radical (unpaired) electrons. The van der Waals surface area contributed by atoms with Gasteiger partial charge in [-0.3, -0.25) is 4.79 Å². The van der Waals surface area contributed by atoms with Gasteiger partial charge >= 0.3 is 0 Å². The first-order valence-electron chi connectivity index (χ1n) is 6.83. The molecule has 7 heteroatoms. The molecule has 2 N–H and O–H groups in total. The normalized spacial score (nSPS) is 12.4. The minimum Gasteiger partial charge on any atom is -0.394 e. The molecule has 1 aromatic carbocycles. The number of hydrogen-bond donors (Lipinski definition) is 2. The molecular formula is C14H19N5O2. The van der Waals surface area contributed by atoms with Gasteiger partial charge in [-0.25, -0.2) is 4.68 Å². The zero-order valence-corrected chi connectivity index (χ0v) is 12.1. The van der Waals surface area contributed by atoms with E-state index in [1.54, 1.807) is 0 Å². The Bertz CT molecular complexity index is 582. The molecule has 1 unspecified atom stereocenters. The molecule has 112 valence electrons. The zero-order chi connectivity index (χ0) is 15.2. The third-order valence-electron chi connectivity index (χ3n) is 3.09. The van der Waals surface area contributed by atoms with Crippen LogP contribution in [-0.2, 0) is 11.3 Å². The lowest BCUT2D eigenvalue weighted by Gasteiger charge is -2.17. The SMILES string of the molecule is CC(C)c1nnnn1CC(=O)NC(CO)c1ccccc1. The zero-order valence-electron chi connectivity index (χ0n) is 12.1. The van der Waals surface area contributed by atoms with E-state index in [0.717, 1.165) is 5.56 Å². The molecule has 0 aliphatic rings. The molecule has 21 heavy (non-hydrogen) atoms. The molecule has 0 saturated heterocycles. The number of carbonyl (C=O) groups is 1. The lowest BCUT2D eigenvalue weighted by molar-refractivity contribution is -0.123. The molecule has 0 spiro atoms. The molecule has 2 aromatic rings. The largest absolute Gasteiger partial charge is 0.394 e. The molecule has 0 fully saturated rings. The number of tetrazole rings is 1. The summed E-state index contributed by atoms with van der Waals surface area (Å²) in [4.78, 5) is 12.1. The van der Waals surface area contributed by atoms with Gasteiger partial charge in [-0.1, -0.05) is 44.2 Å². The van der Waals surface area contributed by atoms with Crippen LogP contribution in [0.3, 0.4) is 0 Å². The van der Waals surface area contributed by atoms with Crippen LogP contribution in [0.5, 0.6) is 0 Å². The predicted octanol–water partition coefficient (Wildman–Crippen LogP) is 0.646. The Morgan fingerprint density at radius 3 is 2.67 bits per heavy atom. The molecule has 0 aliphatic carbocycles. The van der Waals surface area contributed by atoms with Crippen molar-refractivity contribution in [2.45, 2.75) is 32.4 Å². The first kappa shape index (κ1) is 15.1. The Labute approximate surface area is 123 Å². The summed E-state index contributed by atoms with van der Waals surface area (Å²) in [5.74, 6) is 0.549. The van der Waals surface area contributed by atoms with Gasteiger partial charge in [0.2, 0.25) is 5.91 Å². The van der Waals surface area contributed by atoms with Crippen LogP contribution in [-0.4, -0.2) is 37.8 Å². The highest BCUT2D eigenvalue weighted by Gasteiger charge is 2.17.